The van der Waals surface area contributed by atoms with Gasteiger partial charge in [0.15, 0.2) is 9.84 Å². The Hall–Kier alpha value is -1.23. The smallest absolute Gasteiger partial charge is 0.150 e. The van der Waals surface area contributed by atoms with Crippen molar-refractivity contribution in [2.45, 2.75) is 12.8 Å². The number of anilines is 1. The second-order valence-electron chi connectivity index (χ2n) is 4.29. The predicted octanol–water partition coefficient (Wildman–Crippen LogP) is 1.47. The zero-order chi connectivity index (χ0) is 12.3. The topological polar surface area (TPSA) is 55.4 Å². The zero-order valence-corrected chi connectivity index (χ0v) is 10.7. The molecule has 0 fully saturated rings. The van der Waals surface area contributed by atoms with Crippen molar-refractivity contribution in [2.24, 2.45) is 0 Å². The molecule has 0 aromatic heterocycles. The highest BCUT2D eigenvalue weighted by Gasteiger charge is 2.13. The van der Waals surface area contributed by atoms with Crippen LogP contribution in [0.5, 0.6) is 5.75 Å². The van der Waals surface area contributed by atoms with Crippen LogP contribution < -0.4 is 10.1 Å². The molecule has 4 nitrogen and oxygen atoms in total. The van der Waals surface area contributed by atoms with Gasteiger partial charge in [0.2, 0.25) is 0 Å². The van der Waals surface area contributed by atoms with Crippen LogP contribution in [0.3, 0.4) is 0 Å². The third-order valence-corrected chi connectivity index (χ3v) is 3.67. The van der Waals surface area contributed by atoms with Crippen LogP contribution in [0, 0.1) is 0 Å². The van der Waals surface area contributed by atoms with Crippen molar-refractivity contribution in [1.82, 2.24) is 0 Å². The van der Waals surface area contributed by atoms with Gasteiger partial charge in [0.1, 0.15) is 12.4 Å². The second-order valence-corrected chi connectivity index (χ2v) is 6.55. The summed E-state index contributed by atoms with van der Waals surface area (Å²) in [6.45, 7) is 1.20. The van der Waals surface area contributed by atoms with E-state index in [9.17, 15) is 8.42 Å². The second kappa shape index (κ2) is 4.96. The normalized spacial score (nSPS) is 14.9. The Labute approximate surface area is 102 Å². The summed E-state index contributed by atoms with van der Waals surface area (Å²) in [5, 5.41) is 3.31. The highest BCUT2D eigenvalue weighted by Crippen LogP contribution is 2.30. The molecule has 1 aliphatic heterocycles. The van der Waals surface area contributed by atoms with Crippen LogP contribution in [0.1, 0.15) is 12.0 Å². The molecule has 0 radical (unpaired) electrons. The maximum Gasteiger partial charge on any atom is 0.150 e. The molecule has 94 valence electrons. The maximum atomic E-state index is 11.0. The number of hydrogen-bond donors (Lipinski definition) is 1. The number of sulfone groups is 1. The van der Waals surface area contributed by atoms with Crippen LogP contribution in [0.25, 0.3) is 0 Å². The fourth-order valence-corrected chi connectivity index (χ4v) is 2.30. The summed E-state index contributed by atoms with van der Waals surface area (Å²) in [6, 6.07) is 5.85. The van der Waals surface area contributed by atoms with E-state index >= 15 is 0 Å². The Morgan fingerprint density at radius 3 is 3.00 bits per heavy atom. The first-order chi connectivity index (χ1) is 8.06. The maximum absolute atomic E-state index is 11.0. The van der Waals surface area contributed by atoms with Crippen molar-refractivity contribution in [3.05, 3.63) is 23.8 Å². The SMILES string of the molecule is CS(=O)(=O)CCOc1cccc2c1CCCN2. The van der Waals surface area contributed by atoms with E-state index in [4.69, 9.17) is 4.74 Å². The van der Waals surface area contributed by atoms with Gasteiger partial charge in [-0.05, 0) is 25.0 Å². The molecule has 2 rings (SSSR count). The Kier molecular flexibility index (Phi) is 3.57. The number of benzene rings is 1. The van der Waals surface area contributed by atoms with Crippen LogP contribution in [0.2, 0.25) is 0 Å². The molecule has 1 aliphatic rings. The van der Waals surface area contributed by atoms with E-state index in [2.05, 4.69) is 5.32 Å². The Bertz CT molecular complexity index is 496. The average molecular weight is 255 g/mol. The minimum absolute atomic E-state index is 0.0596. The Balaban J connectivity index is 2.06. The minimum Gasteiger partial charge on any atom is -0.492 e. The van der Waals surface area contributed by atoms with Crippen molar-refractivity contribution in [1.29, 1.82) is 0 Å². The molecule has 17 heavy (non-hydrogen) atoms. The molecule has 0 spiro atoms. The van der Waals surface area contributed by atoms with E-state index in [0.717, 1.165) is 36.4 Å². The first kappa shape index (κ1) is 12.2. The zero-order valence-electron chi connectivity index (χ0n) is 9.90. The lowest BCUT2D eigenvalue weighted by Gasteiger charge is -2.20. The fourth-order valence-electron chi connectivity index (χ4n) is 1.92. The van der Waals surface area contributed by atoms with Gasteiger partial charge >= 0.3 is 0 Å². The van der Waals surface area contributed by atoms with Crippen LogP contribution >= 0.6 is 0 Å². The van der Waals surface area contributed by atoms with Gasteiger partial charge in [-0.2, -0.15) is 0 Å². The lowest BCUT2D eigenvalue weighted by molar-refractivity contribution is 0.337. The van der Waals surface area contributed by atoms with Crippen LogP contribution in [0.15, 0.2) is 18.2 Å². The van der Waals surface area contributed by atoms with Crippen molar-refractivity contribution >= 4 is 15.5 Å². The van der Waals surface area contributed by atoms with E-state index in [1.54, 1.807) is 0 Å². The fraction of sp³-hybridized carbons (Fsp3) is 0.500. The molecule has 5 heteroatoms. The van der Waals surface area contributed by atoms with Gasteiger partial charge in [-0.3, -0.25) is 0 Å². The lowest BCUT2D eigenvalue weighted by atomic mass is 10.0. The molecular weight excluding hydrogens is 238 g/mol. The number of nitrogens with one attached hydrogen (secondary N) is 1. The quantitative estimate of drug-likeness (QED) is 0.885. The summed E-state index contributed by atoms with van der Waals surface area (Å²) in [5.74, 6) is 0.864. The monoisotopic (exact) mass is 255 g/mol. The lowest BCUT2D eigenvalue weighted by Crippen LogP contribution is -2.15. The number of hydrogen-bond acceptors (Lipinski definition) is 4. The summed E-state index contributed by atoms with van der Waals surface area (Å²) >= 11 is 0. The molecule has 1 aromatic rings. The molecule has 0 aliphatic carbocycles. The molecule has 0 unspecified atom stereocenters. The van der Waals surface area contributed by atoms with E-state index in [0.29, 0.717) is 0 Å². The number of rotatable bonds is 4. The van der Waals surface area contributed by atoms with Crippen molar-refractivity contribution in [3.8, 4) is 5.75 Å². The summed E-state index contributed by atoms with van der Waals surface area (Å²) < 4.78 is 27.6. The van der Waals surface area contributed by atoms with Gasteiger partial charge in [-0.15, -0.1) is 0 Å². The van der Waals surface area contributed by atoms with E-state index in [1.165, 1.54) is 6.26 Å². The Morgan fingerprint density at radius 1 is 1.41 bits per heavy atom. The molecule has 0 saturated heterocycles. The van der Waals surface area contributed by atoms with Crippen molar-refractivity contribution in [2.75, 3.05) is 30.5 Å². The van der Waals surface area contributed by atoms with Gasteiger partial charge in [0.05, 0.1) is 5.75 Å². The molecule has 1 N–H and O–H groups in total. The minimum atomic E-state index is -2.96. The highest BCUT2D eigenvalue weighted by molar-refractivity contribution is 7.90. The summed E-state index contributed by atoms with van der Waals surface area (Å²) in [4.78, 5) is 0. The van der Waals surface area contributed by atoms with Crippen LogP contribution in [-0.2, 0) is 16.3 Å². The third kappa shape index (κ3) is 3.36. The van der Waals surface area contributed by atoms with Crippen molar-refractivity contribution in [3.63, 3.8) is 0 Å². The van der Waals surface area contributed by atoms with Crippen molar-refractivity contribution < 1.29 is 13.2 Å². The first-order valence-electron chi connectivity index (χ1n) is 5.72. The largest absolute Gasteiger partial charge is 0.492 e. The molecule has 0 saturated carbocycles. The van der Waals surface area contributed by atoms with E-state index < -0.39 is 9.84 Å². The number of fused-ring (bicyclic) bond motifs is 1. The van der Waals surface area contributed by atoms with Crippen LogP contribution in [0.4, 0.5) is 5.69 Å². The predicted molar refractivity (Wildman–Crippen MR) is 68.5 cm³/mol. The Morgan fingerprint density at radius 2 is 2.24 bits per heavy atom. The molecule has 0 atom stereocenters. The van der Waals surface area contributed by atoms with E-state index in [-0.39, 0.29) is 12.4 Å². The molecule has 1 heterocycles. The van der Waals surface area contributed by atoms with Gasteiger partial charge in [-0.25, -0.2) is 8.42 Å². The van der Waals surface area contributed by atoms with Gasteiger partial charge in [0.25, 0.3) is 0 Å². The molecule has 0 bridgehead atoms. The molecule has 1 aromatic carbocycles. The first-order valence-corrected chi connectivity index (χ1v) is 7.78. The average Bonchev–Trinajstić information content (AvgIpc) is 2.28. The summed E-state index contributed by atoms with van der Waals surface area (Å²) in [5.41, 5.74) is 2.26. The van der Waals surface area contributed by atoms with Gasteiger partial charge in [-0.1, -0.05) is 6.07 Å². The molecule has 0 amide bonds. The summed E-state index contributed by atoms with van der Waals surface area (Å²) in [7, 11) is -2.96. The number of ether oxygens (including phenoxy) is 1. The third-order valence-electron chi connectivity index (χ3n) is 2.76. The van der Waals surface area contributed by atoms with Crippen LogP contribution in [-0.4, -0.2) is 33.6 Å². The molecular formula is C12H17NO3S. The van der Waals surface area contributed by atoms with Gasteiger partial charge in [0, 0.05) is 24.1 Å². The highest BCUT2D eigenvalue weighted by atomic mass is 32.2. The van der Waals surface area contributed by atoms with E-state index in [1.807, 2.05) is 18.2 Å². The standard InChI is InChI=1S/C12H17NO3S/c1-17(14,15)9-8-16-12-6-2-5-11-10(12)4-3-7-13-11/h2,5-6,13H,3-4,7-9H2,1H3. The summed E-state index contributed by atoms with van der Waals surface area (Å²) in [6.07, 6.45) is 3.29. The van der Waals surface area contributed by atoms with Gasteiger partial charge < -0.3 is 10.1 Å².